The second kappa shape index (κ2) is 6.69. The molecule has 0 atom stereocenters. The van der Waals surface area contributed by atoms with Crippen LogP contribution in [-0.2, 0) is 13.0 Å². The van der Waals surface area contributed by atoms with E-state index in [1.165, 1.54) is 0 Å². The van der Waals surface area contributed by atoms with Crippen LogP contribution in [0.5, 0.6) is 5.75 Å². The van der Waals surface area contributed by atoms with Crippen LogP contribution >= 0.6 is 22.6 Å². The fourth-order valence-corrected chi connectivity index (χ4v) is 2.15. The Morgan fingerprint density at radius 3 is 2.40 bits per heavy atom. The third kappa shape index (κ3) is 3.69. The molecule has 0 unspecified atom stereocenters. The second-order valence-electron chi connectivity index (χ2n) is 4.33. The molecule has 0 amide bonds. The first-order valence-electron chi connectivity index (χ1n) is 6.24. The molecule has 5 heteroatoms. The fourth-order valence-electron chi connectivity index (χ4n) is 1.79. The lowest BCUT2D eigenvalue weighted by molar-refractivity contribution is -0.386. The average molecular weight is 383 g/mol. The third-order valence-electron chi connectivity index (χ3n) is 2.94. The molecule has 2 rings (SSSR count). The summed E-state index contributed by atoms with van der Waals surface area (Å²) >= 11 is 2.23. The van der Waals surface area contributed by atoms with E-state index in [2.05, 4.69) is 22.6 Å². The average Bonchev–Trinajstić information content (AvgIpc) is 2.46. The topological polar surface area (TPSA) is 52.4 Å². The molecule has 0 radical (unpaired) electrons. The molecule has 2 aromatic rings. The molecule has 0 saturated heterocycles. The zero-order chi connectivity index (χ0) is 14.5. The summed E-state index contributed by atoms with van der Waals surface area (Å²) in [6, 6.07) is 13.0. The summed E-state index contributed by atoms with van der Waals surface area (Å²) in [6.07, 6.45) is 0.762. The summed E-state index contributed by atoms with van der Waals surface area (Å²) in [7, 11) is 0. The summed E-state index contributed by atoms with van der Waals surface area (Å²) in [5.74, 6) is 0.311. The van der Waals surface area contributed by atoms with Gasteiger partial charge in [-0.1, -0.05) is 25.1 Å². The van der Waals surface area contributed by atoms with Crippen LogP contribution in [0.25, 0.3) is 0 Å². The Labute approximate surface area is 131 Å². The molecule has 0 heterocycles. The number of hydrogen-bond donors (Lipinski definition) is 0. The molecular weight excluding hydrogens is 369 g/mol. The summed E-state index contributed by atoms with van der Waals surface area (Å²) in [5.41, 5.74) is 1.94. The van der Waals surface area contributed by atoms with E-state index in [-0.39, 0.29) is 5.69 Å². The van der Waals surface area contributed by atoms with Crippen LogP contribution in [0, 0.1) is 13.7 Å². The predicted molar refractivity (Wildman–Crippen MR) is 86.0 cm³/mol. The van der Waals surface area contributed by atoms with Gasteiger partial charge in [0.2, 0.25) is 0 Å². The summed E-state index contributed by atoms with van der Waals surface area (Å²) in [6.45, 7) is 2.29. The third-order valence-corrected chi connectivity index (χ3v) is 3.66. The number of nitrogens with zero attached hydrogens (tertiary/aromatic N) is 1. The first kappa shape index (κ1) is 14.8. The van der Waals surface area contributed by atoms with E-state index in [1.54, 1.807) is 12.1 Å². The molecule has 104 valence electrons. The maximum absolute atomic E-state index is 11.1. The number of halogens is 1. The van der Waals surface area contributed by atoms with Crippen LogP contribution < -0.4 is 4.74 Å². The summed E-state index contributed by atoms with van der Waals surface area (Å²) in [5, 5.41) is 11.1. The van der Waals surface area contributed by atoms with Gasteiger partial charge in [-0.15, -0.1) is 0 Å². The van der Waals surface area contributed by atoms with Crippen molar-refractivity contribution in [2.45, 2.75) is 20.0 Å². The monoisotopic (exact) mass is 383 g/mol. The van der Waals surface area contributed by atoms with Crippen molar-refractivity contribution in [2.75, 3.05) is 0 Å². The van der Waals surface area contributed by atoms with E-state index in [4.69, 9.17) is 4.74 Å². The van der Waals surface area contributed by atoms with E-state index in [0.717, 1.165) is 21.1 Å². The Morgan fingerprint density at radius 2 is 1.80 bits per heavy atom. The van der Waals surface area contributed by atoms with Gasteiger partial charge in [-0.2, -0.15) is 0 Å². The van der Waals surface area contributed by atoms with Crippen molar-refractivity contribution in [3.63, 3.8) is 0 Å². The fraction of sp³-hybridized carbons (Fsp3) is 0.200. The SMILES string of the molecule is CCc1ccc(OCc2ccc(I)cc2)c([N+](=O)[O-])c1. The van der Waals surface area contributed by atoms with Crippen molar-refractivity contribution in [3.05, 3.63) is 67.3 Å². The summed E-state index contributed by atoms with van der Waals surface area (Å²) in [4.78, 5) is 10.7. The molecule has 0 aliphatic heterocycles. The Hall–Kier alpha value is -1.63. The molecule has 0 aliphatic carbocycles. The molecular formula is C15H14INO3. The molecule has 0 aliphatic rings. The van der Waals surface area contributed by atoms with Crippen LogP contribution in [0.1, 0.15) is 18.1 Å². The second-order valence-corrected chi connectivity index (χ2v) is 5.57. The highest BCUT2D eigenvalue weighted by Gasteiger charge is 2.15. The van der Waals surface area contributed by atoms with Crippen molar-refractivity contribution in [3.8, 4) is 5.75 Å². The van der Waals surface area contributed by atoms with E-state index in [0.29, 0.717) is 12.4 Å². The maximum atomic E-state index is 11.1. The highest BCUT2D eigenvalue weighted by Crippen LogP contribution is 2.29. The zero-order valence-electron chi connectivity index (χ0n) is 11.0. The van der Waals surface area contributed by atoms with Crippen molar-refractivity contribution in [2.24, 2.45) is 0 Å². The zero-order valence-corrected chi connectivity index (χ0v) is 13.2. The molecule has 0 bridgehead atoms. The molecule has 2 aromatic carbocycles. The van der Waals surface area contributed by atoms with Crippen LogP contribution in [0.2, 0.25) is 0 Å². The van der Waals surface area contributed by atoms with Crippen molar-refractivity contribution in [1.29, 1.82) is 0 Å². The maximum Gasteiger partial charge on any atom is 0.311 e. The van der Waals surface area contributed by atoms with Crippen LogP contribution in [0.4, 0.5) is 5.69 Å². The van der Waals surface area contributed by atoms with E-state index in [1.807, 2.05) is 37.3 Å². The van der Waals surface area contributed by atoms with Gasteiger partial charge in [0, 0.05) is 9.64 Å². The molecule has 0 fully saturated rings. The number of benzene rings is 2. The van der Waals surface area contributed by atoms with Crippen molar-refractivity contribution in [1.82, 2.24) is 0 Å². The Morgan fingerprint density at radius 1 is 1.15 bits per heavy atom. The van der Waals surface area contributed by atoms with Gasteiger partial charge < -0.3 is 4.74 Å². The number of hydrogen-bond acceptors (Lipinski definition) is 3. The molecule has 4 nitrogen and oxygen atoms in total. The smallest absolute Gasteiger partial charge is 0.311 e. The number of nitro benzene ring substituents is 1. The minimum absolute atomic E-state index is 0.0230. The summed E-state index contributed by atoms with van der Waals surface area (Å²) < 4.78 is 6.72. The van der Waals surface area contributed by atoms with Gasteiger partial charge in [0.15, 0.2) is 5.75 Å². The Balaban J connectivity index is 2.16. The Bertz CT molecular complexity index is 611. The van der Waals surface area contributed by atoms with E-state index >= 15 is 0 Å². The normalized spacial score (nSPS) is 10.3. The molecule has 0 saturated carbocycles. The van der Waals surface area contributed by atoms with Gasteiger partial charge in [-0.3, -0.25) is 10.1 Å². The predicted octanol–water partition coefficient (Wildman–Crippen LogP) is 4.34. The highest BCUT2D eigenvalue weighted by molar-refractivity contribution is 14.1. The lowest BCUT2D eigenvalue weighted by atomic mass is 10.1. The van der Waals surface area contributed by atoms with Crippen LogP contribution in [0.15, 0.2) is 42.5 Å². The van der Waals surface area contributed by atoms with Crippen LogP contribution in [-0.4, -0.2) is 4.92 Å². The molecule has 0 N–H and O–H groups in total. The van der Waals surface area contributed by atoms with Crippen molar-refractivity contribution >= 4 is 28.3 Å². The molecule has 20 heavy (non-hydrogen) atoms. The van der Waals surface area contributed by atoms with Gasteiger partial charge in [0.25, 0.3) is 0 Å². The lowest BCUT2D eigenvalue weighted by Crippen LogP contribution is -2.00. The van der Waals surface area contributed by atoms with E-state index < -0.39 is 4.92 Å². The van der Waals surface area contributed by atoms with Gasteiger partial charge in [-0.25, -0.2) is 0 Å². The largest absolute Gasteiger partial charge is 0.482 e. The minimum atomic E-state index is -0.400. The quantitative estimate of drug-likeness (QED) is 0.439. The molecule has 0 aromatic heterocycles. The molecule has 0 spiro atoms. The first-order chi connectivity index (χ1) is 9.60. The van der Waals surface area contributed by atoms with Gasteiger partial charge in [0.1, 0.15) is 6.61 Å². The number of ether oxygens (including phenoxy) is 1. The van der Waals surface area contributed by atoms with Crippen LogP contribution in [0.3, 0.4) is 0 Å². The number of nitro groups is 1. The van der Waals surface area contributed by atoms with Gasteiger partial charge in [0.05, 0.1) is 4.92 Å². The van der Waals surface area contributed by atoms with Gasteiger partial charge >= 0.3 is 5.69 Å². The lowest BCUT2D eigenvalue weighted by Gasteiger charge is -2.08. The number of aryl methyl sites for hydroxylation is 1. The number of rotatable bonds is 5. The van der Waals surface area contributed by atoms with Gasteiger partial charge in [-0.05, 0) is 58.3 Å². The highest BCUT2D eigenvalue weighted by atomic mass is 127. The van der Waals surface area contributed by atoms with E-state index in [9.17, 15) is 10.1 Å². The minimum Gasteiger partial charge on any atom is -0.482 e. The van der Waals surface area contributed by atoms with Crippen molar-refractivity contribution < 1.29 is 9.66 Å². The first-order valence-corrected chi connectivity index (χ1v) is 7.32. The standard InChI is InChI=1S/C15H14INO3/c1-2-11-5-8-15(14(9-11)17(18)19)20-10-12-3-6-13(16)7-4-12/h3-9H,2,10H2,1H3. The Kier molecular flexibility index (Phi) is 4.94.